The molecule has 0 aromatic carbocycles. The number of nitrogens with zero attached hydrogens (tertiary/aromatic N) is 1. The first-order valence-electron chi connectivity index (χ1n) is 6.49. The van der Waals surface area contributed by atoms with Gasteiger partial charge in [0, 0.05) is 19.8 Å². The Hall–Kier alpha value is -1.38. The fourth-order valence-corrected chi connectivity index (χ4v) is 4.23. The summed E-state index contributed by atoms with van der Waals surface area (Å²) < 4.78 is 26.5. The van der Waals surface area contributed by atoms with E-state index in [0.717, 1.165) is 18.7 Å². The average Bonchev–Trinajstić information content (AvgIpc) is 2.49. The van der Waals surface area contributed by atoms with Gasteiger partial charge in [0.25, 0.3) is 5.56 Å². The number of halogens is 1. The molecule has 1 fully saturated rings. The second-order valence-corrected chi connectivity index (χ2v) is 7.05. The Morgan fingerprint density at radius 2 is 2.19 bits per heavy atom. The van der Waals surface area contributed by atoms with Gasteiger partial charge in [-0.2, -0.15) is 4.31 Å². The van der Waals surface area contributed by atoms with Gasteiger partial charge in [0.2, 0.25) is 15.9 Å². The molecule has 1 aliphatic heterocycles. The van der Waals surface area contributed by atoms with Gasteiger partial charge in [0.05, 0.1) is 4.90 Å². The number of amides is 1. The normalized spacial score (nSPS) is 20.2. The molecule has 21 heavy (non-hydrogen) atoms. The van der Waals surface area contributed by atoms with E-state index >= 15 is 0 Å². The van der Waals surface area contributed by atoms with Gasteiger partial charge in [-0.15, -0.1) is 0 Å². The standard InChI is InChI=1S/C12H16ClN3O4S/c1-14-12(18)10-4-2-3-5-16(10)21(19,20)8-6-9(13)11(17)15-7-8/h6-7,10H,2-5H2,1H3,(H,14,18)(H,15,17). The Balaban J connectivity index is 2.42. The van der Waals surface area contributed by atoms with Crippen molar-refractivity contribution in [2.45, 2.75) is 30.2 Å². The van der Waals surface area contributed by atoms with Crippen LogP contribution in [0.1, 0.15) is 19.3 Å². The van der Waals surface area contributed by atoms with Crippen molar-refractivity contribution in [2.75, 3.05) is 13.6 Å². The lowest BCUT2D eigenvalue weighted by atomic mass is 10.0. The fraction of sp³-hybridized carbons (Fsp3) is 0.500. The Kier molecular flexibility index (Phi) is 4.70. The number of carbonyl (C=O) groups excluding carboxylic acids is 1. The molecular formula is C12H16ClN3O4S. The van der Waals surface area contributed by atoms with Gasteiger partial charge in [0.1, 0.15) is 11.1 Å². The van der Waals surface area contributed by atoms with E-state index in [2.05, 4.69) is 10.3 Å². The predicted octanol–water partition coefficient (Wildman–Crippen LogP) is 0.317. The van der Waals surface area contributed by atoms with Crippen LogP contribution in [-0.4, -0.2) is 43.2 Å². The van der Waals surface area contributed by atoms with Crippen LogP contribution >= 0.6 is 11.6 Å². The molecule has 0 radical (unpaired) electrons. The first-order valence-corrected chi connectivity index (χ1v) is 8.31. The minimum absolute atomic E-state index is 0.122. The molecule has 9 heteroatoms. The summed E-state index contributed by atoms with van der Waals surface area (Å²) in [6.45, 7) is 0.261. The van der Waals surface area contributed by atoms with Crippen molar-refractivity contribution >= 4 is 27.5 Å². The first kappa shape index (κ1) is 16.0. The zero-order valence-corrected chi connectivity index (χ0v) is 13.0. The Bertz CT molecular complexity index is 701. The summed E-state index contributed by atoms with van der Waals surface area (Å²) in [4.78, 5) is 25.3. The Morgan fingerprint density at radius 3 is 2.81 bits per heavy atom. The summed E-state index contributed by atoms with van der Waals surface area (Å²) in [7, 11) is -2.42. The van der Waals surface area contributed by atoms with E-state index in [1.807, 2.05) is 0 Å². The van der Waals surface area contributed by atoms with Crippen molar-refractivity contribution in [3.63, 3.8) is 0 Å². The number of hydrogen-bond donors (Lipinski definition) is 2. The number of sulfonamides is 1. The van der Waals surface area contributed by atoms with Gasteiger partial charge in [-0.05, 0) is 18.9 Å². The molecule has 0 bridgehead atoms. The maximum absolute atomic E-state index is 12.6. The monoisotopic (exact) mass is 333 g/mol. The summed E-state index contributed by atoms with van der Waals surface area (Å²) in [6, 6.07) is 0.366. The molecule has 0 saturated carbocycles. The highest BCUT2D eigenvalue weighted by Gasteiger charge is 2.37. The number of pyridine rings is 1. The third-order valence-electron chi connectivity index (χ3n) is 3.44. The van der Waals surface area contributed by atoms with Gasteiger partial charge in [-0.25, -0.2) is 8.42 Å². The number of rotatable bonds is 3. The number of likely N-dealkylation sites (N-methyl/N-ethyl adjacent to an activating group) is 1. The van der Waals surface area contributed by atoms with Crippen LogP contribution in [0.25, 0.3) is 0 Å². The second kappa shape index (κ2) is 6.17. The molecule has 1 unspecified atom stereocenters. The highest BCUT2D eigenvalue weighted by molar-refractivity contribution is 7.89. The number of aromatic amines is 1. The van der Waals surface area contributed by atoms with Gasteiger partial charge in [-0.1, -0.05) is 18.0 Å². The molecule has 1 atom stereocenters. The van der Waals surface area contributed by atoms with Crippen molar-refractivity contribution < 1.29 is 13.2 Å². The van der Waals surface area contributed by atoms with E-state index in [4.69, 9.17) is 11.6 Å². The quantitative estimate of drug-likeness (QED) is 0.832. The Morgan fingerprint density at radius 1 is 1.48 bits per heavy atom. The van der Waals surface area contributed by atoms with E-state index in [-0.39, 0.29) is 22.4 Å². The molecule has 1 aromatic heterocycles. The number of hydrogen-bond acceptors (Lipinski definition) is 4. The van der Waals surface area contributed by atoms with Crippen molar-refractivity contribution in [1.29, 1.82) is 0 Å². The van der Waals surface area contributed by atoms with Crippen LogP contribution in [0, 0.1) is 0 Å². The predicted molar refractivity (Wildman–Crippen MR) is 77.7 cm³/mol. The largest absolute Gasteiger partial charge is 0.358 e. The molecule has 2 heterocycles. The van der Waals surface area contributed by atoms with E-state index in [1.165, 1.54) is 11.4 Å². The van der Waals surface area contributed by atoms with Gasteiger partial charge in [-0.3, -0.25) is 9.59 Å². The fourth-order valence-electron chi connectivity index (χ4n) is 2.34. The third-order valence-corrected chi connectivity index (χ3v) is 5.61. The number of aromatic nitrogens is 1. The van der Waals surface area contributed by atoms with Crippen LogP contribution in [0.2, 0.25) is 5.02 Å². The SMILES string of the molecule is CNC(=O)C1CCCCN1S(=O)(=O)c1c[nH]c(=O)c(Cl)c1. The zero-order valence-electron chi connectivity index (χ0n) is 11.4. The summed E-state index contributed by atoms with van der Waals surface area (Å²) in [6.07, 6.45) is 3.04. The molecule has 0 aliphatic carbocycles. The van der Waals surface area contributed by atoms with Crippen LogP contribution in [0.4, 0.5) is 0 Å². The summed E-state index contributed by atoms with van der Waals surface area (Å²) >= 11 is 5.68. The van der Waals surface area contributed by atoms with Crippen molar-refractivity contribution in [1.82, 2.24) is 14.6 Å². The van der Waals surface area contributed by atoms with Crippen molar-refractivity contribution in [2.24, 2.45) is 0 Å². The lowest BCUT2D eigenvalue weighted by Gasteiger charge is -2.33. The van der Waals surface area contributed by atoms with Crippen molar-refractivity contribution in [3.8, 4) is 0 Å². The minimum atomic E-state index is -3.89. The molecule has 1 aliphatic rings. The number of carbonyl (C=O) groups is 1. The second-order valence-electron chi connectivity index (χ2n) is 4.75. The summed E-state index contributed by atoms with van der Waals surface area (Å²) in [5.41, 5.74) is -0.558. The summed E-state index contributed by atoms with van der Waals surface area (Å²) in [5.74, 6) is -0.339. The van der Waals surface area contributed by atoms with Crippen LogP contribution in [0.15, 0.2) is 22.0 Å². The van der Waals surface area contributed by atoms with E-state index < -0.39 is 21.6 Å². The smallest absolute Gasteiger partial charge is 0.266 e. The minimum Gasteiger partial charge on any atom is -0.358 e. The molecular weight excluding hydrogens is 318 g/mol. The number of H-pyrrole nitrogens is 1. The third kappa shape index (κ3) is 3.12. The molecule has 2 rings (SSSR count). The first-order chi connectivity index (χ1) is 9.87. The van der Waals surface area contributed by atoms with Crippen LogP contribution in [0.5, 0.6) is 0 Å². The molecule has 1 aromatic rings. The molecule has 0 spiro atoms. The average molecular weight is 334 g/mol. The molecule has 2 N–H and O–H groups in total. The lowest BCUT2D eigenvalue weighted by molar-refractivity contribution is -0.125. The van der Waals surface area contributed by atoms with Crippen LogP contribution in [0.3, 0.4) is 0 Å². The number of nitrogens with one attached hydrogen (secondary N) is 2. The van der Waals surface area contributed by atoms with Crippen LogP contribution < -0.4 is 10.9 Å². The zero-order chi connectivity index (χ0) is 15.6. The highest BCUT2D eigenvalue weighted by Crippen LogP contribution is 2.25. The number of piperidine rings is 1. The lowest BCUT2D eigenvalue weighted by Crippen LogP contribution is -2.51. The van der Waals surface area contributed by atoms with Crippen LogP contribution in [-0.2, 0) is 14.8 Å². The van der Waals surface area contributed by atoms with Gasteiger partial charge >= 0.3 is 0 Å². The highest BCUT2D eigenvalue weighted by atomic mass is 35.5. The Labute approximate surface area is 127 Å². The van der Waals surface area contributed by atoms with E-state index in [0.29, 0.717) is 12.8 Å². The van der Waals surface area contributed by atoms with E-state index in [1.54, 1.807) is 0 Å². The summed E-state index contributed by atoms with van der Waals surface area (Å²) in [5, 5.41) is 2.28. The molecule has 116 valence electrons. The molecule has 1 amide bonds. The van der Waals surface area contributed by atoms with Crippen molar-refractivity contribution in [3.05, 3.63) is 27.6 Å². The van der Waals surface area contributed by atoms with Gasteiger partial charge < -0.3 is 10.3 Å². The maximum Gasteiger partial charge on any atom is 0.266 e. The van der Waals surface area contributed by atoms with E-state index in [9.17, 15) is 18.0 Å². The maximum atomic E-state index is 12.6. The van der Waals surface area contributed by atoms with Gasteiger partial charge in [0.15, 0.2) is 0 Å². The molecule has 7 nitrogen and oxygen atoms in total. The molecule has 1 saturated heterocycles. The topological polar surface area (TPSA) is 99.3 Å².